The van der Waals surface area contributed by atoms with Crippen LogP contribution >= 0.6 is 23.2 Å². The van der Waals surface area contributed by atoms with E-state index in [-0.39, 0.29) is 0 Å². The van der Waals surface area contributed by atoms with Gasteiger partial charge in [0, 0.05) is 27.2 Å². The molecule has 0 aliphatic heterocycles. The molecular formula is C16H18Cl2N6O2. The highest BCUT2D eigenvalue weighted by atomic mass is 35.5. The second-order valence-electron chi connectivity index (χ2n) is 5.86. The molecule has 26 heavy (non-hydrogen) atoms. The number of aryl methyl sites for hydroxylation is 1. The van der Waals surface area contributed by atoms with E-state index in [1.807, 2.05) is 6.07 Å². The van der Waals surface area contributed by atoms with Gasteiger partial charge in [-0.05, 0) is 17.7 Å². The lowest BCUT2D eigenvalue weighted by Crippen LogP contribution is -2.37. The summed E-state index contributed by atoms with van der Waals surface area (Å²) in [5.74, 6) is 0.454. The zero-order chi connectivity index (χ0) is 19.0. The van der Waals surface area contributed by atoms with Crippen molar-refractivity contribution in [2.45, 2.75) is 6.54 Å². The largest absolute Gasteiger partial charge is 0.354 e. The molecule has 3 N–H and O–H groups in total. The number of benzene rings is 1. The van der Waals surface area contributed by atoms with Crippen LogP contribution in [0.3, 0.4) is 0 Å². The minimum Gasteiger partial charge on any atom is -0.354 e. The van der Waals surface area contributed by atoms with Gasteiger partial charge in [0.25, 0.3) is 5.56 Å². The minimum absolute atomic E-state index is 0.303. The van der Waals surface area contributed by atoms with Gasteiger partial charge in [0.05, 0.1) is 16.6 Å². The van der Waals surface area contributed by atoms with Crippen LogP contribution < -0.4 is 22.3 Å². The van der Waals surface area contributed by atoms with Gasteiger partial charge in [-0.1, -0.05) is 29.3 Å². The summed E-state index contributed by atoms with van der Waals surface area (Å²) < 4.78 is 4.12. The van der Waals surface area contributed by atoms with Crippen LogP contribution in [0.15, 0.2) is 27.8 Å². The molecule has 10 heteroatoms. The summed E-state index contributed by atoms with van der Waals surface area (Å²) in [6, 6.07) is 5.24. The molecule has 0 saturated heterocycles. The lowest BCUT2D eigenvalue weighted by Gasteiger charge is -2.11. The average molecular weight is 397 g/mol. The maximum absolute atomic E-state index is 12.7. The minimum atomic E-state index is -0.438. The summed E-state index contributed by atoms with van der Waals surface area (Å²) in [6.45, 7) is 1.19. The molecule has 2 aromatic heterocycles. The Morgan fingerprint density at radius 1 is 1.15 bits per heavy atom. The van der Waals surface area contributed by atoms with Crippen molar-refractivity contribution in [1.29, 1.82) is 0 Å². The van der Waals surface area contributed by atoms with E-state index in [2.05, 4.69) is 10.3 Å². The van der Waals surface area contributed by atoms with Gasteiger partial charge in [-0.25, -0.2) is 4.79 Å². The van der Waals surface area contributed by atoms with Crippen molar-refractivity contribution in [1.82, 2.24) is 18.7 Å². The van der Waals surface area contributed by atoms with E-state index in [1.54, 1.807) is 23.7 Å². The second-order valence-corrected chi connectivity index (χ2v) is 6.68. The van der Waals surface area contributed by atoms with Crippen molar-refractivity contribution in [3.63, 3.8) is 0 Å². The van der Waals surface area contributed by atoms with Crippen LogP contribution in [0.25, 0.3) is 11.2 Å². The van der Waals surface area contributed by atoms with E-state index >= 15 is 0 Å². The maximum atomic E-state index is 12.7. The molecule has 0 radical (unpaired) electrons. The molecule has 0 saturated carbocycles. The van der Waals surface area contributed by atoms with E-state index in [0.717, 1.165) is 10.1 Å². The average Bonchev–Trinajstić information content (AvgIpc) is 2.98. The maximum Gasteiger partial charge on any atom is 0.332 e. The lowest BCUT2D eigenvalue weighted by molar-refractivity contribution is 0.702. The number of nitrogens with two attached hydrogens (primary N) is 1. The number of hydrogen-bond acceptors (Lipinski definition) is 5. The summed E-state index contributed by atoms with van der Waals surface area (Å²) in [5, 5.41) is 3.97. The monoisotopic (exact) mass is 396 g/mol. The fourth-order valence-corrected chi connectivity index (χ4v) is 3.06. The Bertz CT molecular complexity index is 1100. The zero-order valence-corrected chi connectivity index (χ0v) is 15.8. The first kappa shape index (κ1) is 18.5. The number of nitrogens with one attached hydrogen (secondary N) is 1. The van der Waals surface area contributed by atoms with Gasteiger partial charge in [-0.2, -0.15) is 4.98 Å². The Morgan fingerprint density at radius 3 is 2.54 bits per heavy atom. The third-order valence-corrected chi connectivity index (χ3v) is 4.84. The molecule has 0 amide bonds. The zero-order valence-electron chi connectivity index (χ0n) is 14.3. The van der Waals surface area contributed by atoms with Crippen molar-refractivity contribution in [2.75, 3.05) is 18.4 Å². The first-order chi connectivity index (χ1) is 12.3. The van der Waals surface area contributed by atoms with E-state index in [1.165, 1.54) is 11.6 Å². The van der Waals surface area contributed by atoms with Crippen molar-refractivity contribution in [3.05, 3.63) is 54.6 Å². The summed E-state index contributed by atoms with van der Waals surface area (Å²) in [6.07, 6.45) is 0. The van der Waals surface area contributed by atoms with Crippen LogP contribution in [-0.4, -0.2) is 31.8 Å². The Kier molecular flexibility index (Phi) is 5.08. The number of nitrogens with zero attached hydrogens (tertiary/aromatic N) is 4. The molecule has 0 aliphatic rings. The van der Waals surface area contributed by atoms with Crippen molar-refractivity contribution in [2.24, 2.45) is 19.8 Å². The van der Waals surface area contributed by atoms with Gasteiger partial charge in [-0.3, -0.25) is 18.5 Å². The molecule has 8 nitrogen and oxygen atoms in total. The molecule has 3 aromatic rings. The molecule has 2 heterocycles. The van der Waals surface area contributed by atoms with Gasteiger partial charge in [0.2, 0.25) is 5.95 Å². The SMILES string of the molecule is Cn1c(=O)c2c(nc(NCCN)n2Cc2ccc(Cl)c(Cl)c2)n(C)c1=O. The van der Waals surface area contributed by atoms with Gasteiger partial charge in [-0.15, -0.1) is 0 Å². The van der Waals surface area contributed by atoms with Crippen LogP contribution in [-0.2, 0) is 20.6 Å². The van der Waals surface area contributed by atoms with Gasteiger partial charge in [0.15, 0.2) is 11.2 Å². The summed E-state index contributed by atoms with van der Waals surface area (Å²) in [4.78, 5) is 29.3. The molecule has 0 fully saturated rings. The number of aromatic nitrogens is 4. The fraction of sp³-hybridized carbons (Fsp3) is 0.312. The standard InChI is InChI=1S/C16H18Cl2N6O2/c1-22-13-12(14(25)23(2)16(22)26)24(15(21-13)20-6-5-19)8-9-3-4-10(17)11(18)7-9/h3-4,7H,5-6,8,19H2,1-2H3,(H,20,21). The van der Waals surface area contributed by atoms with Crippen LogP contribution in [0.4, 0.5) is 5.95 Å². The van der Waals surface area contributed by atoms with Crippen molar-refractivity contribution >= 4 is 40.3 Å². The smallest absolute Gasteiger partial charge is 0.332 e. The number of fused-ring (bicyclic) bond motifs is 1. The number of rotatable bonds is 5. The molecule has 0 aliphatic carbocycles. The number of imidazole rings is 1. The van der Waals surface area contributed by atoms with E-state index < -0.39 is 11.2 Å². The second kappa shape index (κ2) is 7.14. The highest BCUT2D eigenvalue weighted by Crippen LogP contribution is 2.24. The van der Waals surface area contributed by atoms with Crippen LogP contribution in [0, 0.1) is 0 Å². The number of hydrogen-bond donors (Lipinski definition) is 2. The molecule has 1 aromatic carbocycles. The highest BCUT2D eigenvalue weighted by molar-refractivity contribution is 6.42. The third-order valence-electron chi connectivity index (χ3n) is 4.10. The Hall–Kier alpha value is -2.29. The third kappa shape index (κ3) is 3.11. The molecule has 0 bridgehead atoms. The summed E-state index contributed by atoms with van der Waals surface area (Å²) >= 11 is 12.1. The molecule has 0 unspecified atom stereocenters. The predicted octanol–water partition coefficient (Wildman–Crippen LogP) is 1.16. The molecular weight excluding hydrogens is 379 g/mol. The highest BCUT2D eigenvalue weighted by Gasteiger charge is 2.19. The topological polar surface area (TPSA) is 99.9 Å². The molecule has 3 rings (SSSR count). The first-order valence-electron chi connectivity index (χ1n) is 7.89. The molecule has 0 spiro atoms. The number of anilines is 1. The Morgan fingerprint density at radius 2 is 1.88 bits per heavy atom. The van der Waals surface area contributed by atoms with Crippen LogP contribution in [0.5, 0.6) is 0 Å². The number of halogens is 2. The van der Waals surface area contributed by atoms with E-state index in [4.69, 9.17) is 28.9 Å². The quantitative estimate of drug-likeness (QED) is 0.673. The van der Waals surface area contributed by atoms with E-state index in [0.29, 0.717) is 46.8 Å². The van der Waals surface area contributed by atoms with Gasteiger partial charge < -0.3 is 11.1 Å². The normalized spacial score (nSPS) is 11.3. The molecule has 0 atom stereocenters. The summed E-state index contributed by atoms with van der Waals surface area (Å²) in [5.41, 5.74) is 6.17. The van der Waals surface area contributed by atoms with Gasteiger partial charge >= 0.3 is 5.69 Å². The lowest BCUT2D eigenvalue weighted by atomic mass is 10.2. The van der Waals surface area contributed by atoms with Gasteiger partial charge in [0.1, 0.15) is 0 Å². The molecule has 138 valence electrons. The van der Waals surface area contributed by atoms with E-state index in [9.17, 15) is 9.59 Å². The van der Waals surface area contributed by atoms with Crippen molar-refractivity contribution in [3.8, 4) is 0 Å². The van der Waals surface area contributed by atoms with Crippen LogP contribution in [0.2, 0.25) is 10.0 Å². The predicted molar refractivity (Wildman–Crippen MR) is 103 cm³/mol. The Balaban J connectivity index is 2.25. The fourth-order valence-electron chi connectivity index (χ4n) is 2.74. The Labute approximate surface area is 158 Å². The van der Waals surface area contributed by atoms with Crippen molar-refractivity contribution < 1.29 is 0 Å². The summed E-state index contributed by atoms with van der Waals surface area (Å²) in [7, 11) is 3.01. The van der Waals surface area contributed by atoms with Crippen LogP contribution in [0.1, 0.15) is 5.56 Å². The first-order valence-corrected chi connectivity index (χ1v) is 8.65.